The van der Waals surface area contributed by atoms with Crippen LogP contribution in [0.3, 0.4) is 0 Å². The number of phenols is 1. The van der Waals surface area contributed by atoms with Crippen molar-refractivity contribution in [1.82, 2.24) is 20.2 Å². The molecule has 0 aliphatic carbocycles. The number of nitrogens with one attached hydrogen (secondary N) is 1. The SMILES string of the molecule is CN1C[C@H](F)C[C@H]1COc1nc(N2CC3CC(C2)N3)c2ccc(-c3cc(O)cc4ccccc34)c(F)c2n1. The average Bonchev–Trinajstić information content (AvgIpc) is 3.23. The molecule has 2 unspecified atom stereocenters. The van der Waals surface area contributed by atoms with Crippen LogP contribution in [0.15, 0.2) is 48.5 Å². The summed E-state index contributed by atoms with van der Waals surface area (Å²) in [6.45, 7) is 2.15. The first-order valence-corrected chi connectivity index (χ1v) is 13.1. The molecule has 4 fully saturated rings. The third-order valence-electron chi connectivity index (χ3n) is 8.17. The van der Waals surface area contributed by atoms with Crippen LogP contribution >= 0.6 is 0 Å². The van der Waals surface area contributed by atoms with E-state index in [0.717, 1.165) is 30.3 Å². The van der Waals surface area contributed by atoms with Gasteiger partial charge in [-0.05, 0) is 54.4 Å². The van der Waals surface area contributed by atoms with Crippen molar-refractivity contribution in [2.24, 2.45) is 0 Å². The van der Waals surface area contributed by atoms with E-state index in [1.165, 1.54) is 0 Å². The van der Waals surface area contributed by atoms with E-state index >= 15 is 4.39 Å². The average molecular weight is 518 g/mol. The van der Waals surface area contributed by atoms with Crippen LogP contribution in [0.2, 0.25) is 0 Å². The summed E-state index contributed by atoms with van der Waals surface area (Å²) in [5.41, 5.74) is 1.11. The first kappa shape index (κ1) is 23.5. The number of phenolic OH excluding ortho intramolecular Hbond substituents is 1. The summed E-state index contributed by atoms with van der Waals surface area (Å²) in [5.74, 6) is 0.224. The summed E-state index contributed by atoms with van der Waals surface area (Å²) in [4.78, 5) is 13.4. The lowest BCUT2D eigenvalue weighted by atomic mass is 9.91. The maximum Gasteiger partial charge on any atom is 0.319 e. The Bertz CT molecular complexity index is 1530. The van der Waals surface area contributed by atoms with E-state index < -0.39 is 12.0 Å². The molecule has 7 nitrogen and oxygen atoms in total. The van der Waals surface area contributed by atoms with Crippen molar-refractivity contribution in [2.45, 2.75) is 37.1 Å². The fraction of sp³-hybridized carbons (Fsp3) is 0.379. The molecule has 4 aromatic rings. The fourth-order valence-corrected chi connectivity index (χ4v) is 6.22. The van der Waals surface area contributed by atoms with Gasteiger partial charge in [-0.1, -0.05) is 30.3 Å². The Balaban J connectivity index is 1.34. The van der Waals surface area contributed by atoms with Crippen molar-refractivity contribution in [3.05, 3.63) is 54.3 Å². The highest BCUT2D eigenvalue weighted by atomic mass is 19.1. The molecule has 0 radical (unpaired) electrons. The lowest BCUT2D eigenvalue weighted by Gasteiger charge is -2.48. The number of hydrogen-bond acceptors (Lipinski definition) is 7. The van der Waals surface area contributed by atoms with Gasteiger partial charge in [0.1, 0.15) is 29.9 Å². The number of piperidine rings is 1. The molecular formula is C29H29F2N5O2. The molecule has 4 atom stereocenters. The number of likely N-dealkylation sites (N-methyl/N-ethyl adjacent to an activating group) is 1. The fourth-order valence-electron chi connectivity index (χ4n) is 6.22. The van der Waals surface area contributed by atoms with Crippen LogP contribution in [0.4, 0.5) is 14.6 Å². The van der Waals surface area contributed by atoms with Crippen LogP contribution < -0.4 is 15.0 Å². The Morgan fingerprint density at radius 1 is 1.00 bits per heavy atom. The van der Waals surface area contributed by atoms with Crippen LogP contribution in [0.5, 0.6) is 11.8 Å². The summed E-state index contributed by atoms with van der Waals surface area (Å²) in [5, 5.41) is 16.2. The number of rotatable bonds is 5. The van der Waals surface area contributed by atoms with Gasteiger partial charge in [-0.15, -0.1) is 0 Å². The van der Waals surface area contributed by atoms with Gasteiger partial charge in [-0.25, -0.2) is 8.78 Å². The Labute approximate surface area is 219 Å². The highest BCUT2D eigenvalue weighted by Crippen LogP contribution is 2.39. The van der Waals surface area contributed by atoms with Crippen LogP contribution in [-0.2, 0) is 0 Å². The number of aromatic hydroxyl groups is 1. The molecular weight excluding hydrogens is 488 g/mol. The number of likely N-dealkylation sites (tertiary alicyclic amines) is 1. The molecule has 196 valence electrons. The number of piperazine rings is 1. The monoisotopic (exact) mass is 517 g/mol. The largest absolute Gasteiger partial charge is 0.508 e. The maximum absolute atomic E-state index is 16.4. The summed E-state index contributed by atoms with van der Waals surface area (Å²) < 4.78 is 36.3. The van der Waals surface area contributed by atoms with Crippen LogP contribution in [0.25, 0.3) is 32.8 Å². The topological polar surface area (TPSA) is 73.8 Å². The molecule has 2 bridgehead atoms. The predicted molar refractivity (Wildman–Crippen MR) is 143 cm³/mol. The first-order chi connectivity index (χ1) is 18.4. The second-order valence-corrected chi connectivity index (χ2v) is 10.8. The summed E-state index contributed by atoms with van der Waals surface area (Å²) in [6.07, 6.45) is 0.636. The smallest absolute Gasteiger partial charge is 0.319 e. The maximum atomic E-state index is 16.4. The molecule has 2 N–H and O–H groups in total. The number of aromatic nitrogens is 2. The van der Waals surface area contributed by atoms with Crippen LogP contribution in [-0.4, -0.2) is 77.6 Å². The molecule has 3 aromatic carbocycles. The number of ether oxygens (including phenoxy) is 1. The van der Waals surface area contributed by atoms with E-state index in [9.17, 15) is 9.50 Å². The van der Waals surface area contributed by atoms with E-state index in [1.54, 1.807) is 18.2 Å². The van der Waals surface area contributed by atoms with Gasteiger partial charge in [0.25, 0.3) is 0 Å². The zero-order valence-electron chi connectivity index (χ0n) is 21.1. The molecule has 4 saturated heterocycles. The summed E-state index contributed by atoms with van der Waals surface area (Å²) in [7, 11) is 1.87. The highest BCUT2D eigenvalue weighted by Gasteiger charge is 2.38. The van der Waals surface area contributed by atoms with E-state index in [1.807, 2.05) is 42.3 Å². The van der Waals surface area contributed by atoms with Gasteiger partial charge in [-0.2, -0.15) is 9.97 Å². The molecule has 38 heavy (non-hydrogen) atoms. The van der Waals surface area contributed by atoms with Crippen LogP contribution in [0, 0.1) is 5.82 Å². The molecule has 0 saturated carbocycles. The van der Waals surface area contributed by atoms with E-state index in [0.29, 0.717) is 47.4 Å². The Morgan fingerprint density at radius 2 is 1.79 bits per heavy atom. The molecule has 0 amide bonds. The summed E-state index contributed by atoms with van der Waals surface area (Å²) >= 11 is 0. The van der Waals surface area contributed by atoms with Crippen LogP contribution in [0.1, 0.15) is 12.8 Å². The number of anilines is 1. The van der Waals surface area contributed by atoms with Crippen molar-refractivity contribution in [2.75, 3.05) is 38.2 Å². The molecule has 1 aromatic heterocycles. The minimum atomic E-state index is -0.883. The van der Waals surface area contributed by atoms with Gasteiger partial charge in [0.15, 0.2) is 5.82 Å². The number of alkyl halides is 1. The molecule has 4 aliphatic heterocycles. The van der Waals surface area contributed by atoms with Crippen molar-refractivity contribution in [3.8, 4) is 22.9 Å². The second kappa shape index (κ2) is 9.03. The Hall–Kier alpha value is -3.56. The number of benzene rings is 3. The number of halogens is 2. The van der Waals surface area contributed by atoms with Gasteiger partial charge >= 0.3 is 6.01 Å². The van der Waals surface area contributed by atoms with Gasteiger partial charge in [0, 0.05) is 48.7 Å². The second-order valence-electron chi connectivity index (χ2n) is 10.8. The first-order valence-electron chi connectivity index (χ1n) is 13.1. The van der Waals surface area contributed by atoms with Crippen molar-refractivity contribution < 1.29 is 18.6 Å². The zero-order valence-corrected chi connectivity index (χ0v) is 21.1. The molecule has 4 aliphatic rings. The predicted octanol–water partition coefficient (Wildman–Crippen LogP) is 4.27. The van der Waals surface area contributed by atoms with E-state index in [2.05, 4.69) is 15.2 Å². The number of hydrogen-bond donors (Lipinski definition) is 2. The standard InChI is InChI=1S/C29H29F2N5O2/c1-35-12-17(30)9-20(35)15-38-29-33-27-24(28(34-29)36-13-18-10-19(14-36)32-18)7-6-23(26(27)31)25-11-21(37)8-16-4-2-3-5-22(16)25/h2-8,11,17-20,32,37H,9-10,12-15H2,1H3/t17-,18?,19?,20+/m1/s1. The van der Waals surface area contributed by atoms with Crippen molar-refractivity contribution >= 4 is 27.5 Å². The minimum Gasteiger partial charge on any atom is -0.508 e. The van der Waals surface area contributed by atoms with E-state index in [-0.39, 0.29) is 29.9 Å². The van der Waals surface area contributed by atoms with Crippen molar-refractivity contribution in [3.63, 3.8) is 0 Å². The molecule has 8 rings (SSSR count). The van der Waals surface area contributed by atoms with Gasteiger partial charge < -0.3 is 20.1 Å². The lowest BCUT2D eigenvalue weighted by molar-refractivity contribution is 0.187. The third kappa shape index (κ3) is 4.01. The minimum absolute atomic E-state index is 0.0671. The Kier molecular flexibility index (Phi) is 5.59. The molecule has 0 spiro atoms. The van der Waals surface area contributed by atoms with E-state index in [4.69, 9.17) is 9.72 Å². The van der Waals surface area contributed by atoms with Gasteiger partial charge in [-0.3, -0.25) is 4.90 Å². The number of fused-ring (bicyclic) bond motifs is 4. The van der Waals surface area contributed by atoms with Gasteiger partial charge in [0.05, 0.1) is 0 Å². The normalized spacial score (nSPS) is 25.2. The molecule has 5 heterocycles. The lowest BCUT2D eigenvalue weighted by Crippen LogP contribution is -2.67. The third-order valence-corrected chi connectivity index (χ3v) is 8.17. The quantitative estimate of drug-likeness (QED) is 0.410. The Morgan fingerprint density at radius 3 is 2.55 bits per heavy atom. The molecule has 9 heteroatoms. The zero-order chi connectivity index (χ0) is 26.0. The van der Waals surface area contributed by atoms with Gasteiger partial charge in [0.2, 0.25) is 0 Å². The number of nitrogens with zero attached hydrogens (tertiary/aromatic N) is 4. The highest BCUT2D eigenvalue weighted by molar-refractivity contribution is 6.01. The summed E-state index contributed by atoms with van der Waals surface area (Å²) in [6, 6.07) is 15.2. The van der Waals surface area contributed by atoms with Crippen molar-refractivity contribution in [1.29, 1.82) is 0 Å².